The van der Waals surface area contributed by atoms with E-state index in [1.54, 1.807) is 18.7 Å². The molecule has 2 aromatic rings. The van der Waals surface area contributed by atoms with Crippen LogP contribution in [0.25, 0.3) is 0 Å². The van der Waals surface area contributed by atoms with Gasteiger partial charge in [-0.25, -0.2) is 0 Å². The van der Waals surface area contributed by atoms with Crippen LogP contribution in [0.5, 0.6) is 0 Å². The standard InChI is InChI=1S/C17H23N3OS/c1-13(21)17-10-15-12-19(8-3-9-20(15)18-17)11-14-4-6-16(22-2)7-5-14/h4-7,10,13,21H,3,8-9,11-12H2,1-2H3. The lowest BCUT2D eigenvalue weighted by atomic mass is 10.2. The Morgan fingerprint density at radius 2 is 2.05 bits per heavy atom. The Morgan fingerprint density at radius 3 is 2.73 bits per heavy atom. The first-order valence-corrected chi connectivity index (χ1v) is 8.98. The molecule has 5 heteroatoms. The van der Waals surface area contributed by atoms with Gasteiger partial charge in [-0.15, -0.1) is 11.8 Å². The van der Waals surface area contributed by atoms with Crippen LogP contribution in [0.2, 0.25) is 0 Å². The first-order valence-electron chi connectivity index (χ1n) is 7.75. The second-order valence-corrected chi connectivity index (χ2v) is 6.75. The Labute approximate surface area is 136 Å². The highest BCUT2D eigenvalue weighted by atomic mass is 32.2. The van der Waals surface area contributed by atoms with Gasteiger partial charge in [-0.05, 0) is 43.4 Å². The average molecular weight is 317 g/mol. The Bertz CT molecular complexity index is 621. The summed E-state index contributed by atoms with van der Waals surface area (Å²) in [5, 5.41) is 14.2. The molecule has 1 N–H and O–H groups in total. The van der Waals surface area contributed by atoms with E-state index in [0.29, 0.717) is 0 Å². The SMILES string of the molecule is CSc1ccc(CN2CCCn3nc(C(C)O)cc3C2)cc1. The Hall–Kier alpha value is -1.30. The molecule has 0 aliphatic carbocycles. The van der Waals surface area contributed by atoms with Crippen LogP contribution in [0.1, 0.15) is 36.4 Å². The van der Waals surface area contributed by atoms with Crippen LogP contribution in [-0.2, 0) is 19.6 Å². The molecule has 3 rings (SSSR count). The van der Waals surface area contributed by atoms with Crippen LogP contribution >= 0.6 is 11.8 Å². The van der Waals surface area contributed by atoms with Crippen molar-refractivity contribution in [1.82, 2.24) is 14.7 Å². The molecular weight excluding hydrogens is 294 g/mol. The van der Waals surface area contributed by atoms with Crippen molar-refractivity contribution < 1.29 is 5.11 Å². The summed E-state index contributed by atoms with van der Waals surface area (Å²) in [6.07, 6.45) is 2.70. The predicted octanol–water partition coefficient (Wildman–Crippen LogP) is 3.06. The normalized spacial score (nSPS) is 17.0. The third-order valence-electron chi connectivity index (χ3n) is 4.11. The Kier molecular flexibility index (Phi) is 4.86. The summed E-state index contributed by atoms with van der Waals surface area (Å²) in [5.41, 5.74) is 3.33. The number of aliphatic hydroxyl groups excluding tert-OH is 1. The predicted molar refractivity (Wildman–Crippen MR) is 89.8 cm³/mol. The first kappa shape index (κ1) is 15.6. The van der Waals surface area contributed by atoms with Gasteiger partial charge in [-0.3, -0.25) is 9.58 Å². The average Bonchev–Trinajstić information content (AvgIpc) is 2.82. The quantitative estimate of drug-likeness (QED) is 0.880. The third-order valence-corrected chi connectivity index (χ3v) is 4.85. The molecule has 0 spiro atoms. The van der Waals surface area contributed by atoms with Crippen LogP contribution in [0, 0.1) is 0 Å². The minimum atomic E-state index is -0.494. The van der Waals surface area contributed by atoms with Crippen molar-refractivity contribution in [2.45, 2.75) is 44.0 Å². The summed E-state index contributed by atoms with van der Waals surface area (Å²) in [5.74, 6) is 0. The maximum atomic E-state index is 9.70. The number of aromatic nitrogens is 2. The molecule has 0 saturated carbocycles. The molecule has 1 aliphatic rings. The fraction of sp³-hybridized carbons (Fsp3) is 0.471. The number of rotatable bonds is 4. The second kappa shape index (κ2) is 6.86. The number of hydrogen-bond acceptors (Lipinski definition) is 4. The fourth-order valence-corrected chi connectivity index (χ4v) is 3.29. The van der Waals surface area contributed by atoms with Gasteiger partial charge < -0.3 is 5.11 Å². The van der Waals surface area contributed by atoms with Crippen molar-refractivity contribution >= 4 is 11.8 Å². The van der Waals surface area contributed by atoms with E-state index in [1.165, 1.54) is 16.2 Å². The third kappa shape index (κ3) is 3.54. The van der Waals surface area contributed by atoms with E-state index in [9.17, 15) is 5.11 Å². The van der Waals surface area contributed by atoms with E-state index in [2.05, 4.69) is 45.2 Å². The molecule has 22 heavy (non-hydrogen) atoms. The number of thioether (sulfide) groups is 1. The number of nitrogens with zero attached hydrogens (tertiary/aromatic N) is 3. The van der Waals surface area contributed by atoms with E-state index < -0.39 is 6.10 Å². The van der Waals surface area contributed by atoms with Crippen molar-refractivity contribution in [1.29, 1.82) is 0 Å². The highest BCUT2D eigenvalue weighted by Gasteiger charge is 2.18. The summed E-state index contributed by atoms with van der Waals surface area (Å²) < 4.78 is 2.05. The van der Waals surface area contributed by atoms with Crippen LogP contribution in [0.4, 0.5) is 0 Å². The number of aliphatic hydroxyl groups is 1. The molecule has 0 bridgehead atoms. The number of hydrogen-bond donors (Lipinski definition) is 1. The molecule has 0 fully saturated rings. The molecule has 1 aromatic heterocycles. The summed E-state index contributed by atoms with van der Waals surface area (Å²) in [4.78, 5) is 3.76. The zero-order chi connectivity index (χ0) is 15.5. The summed E-state index contributed by atoms with van der Waals surface area (Å²) in [7, 11) is 0. The van der Waals surface area contributed by atoms with Crippen molar-refractivity contribution in [3.63, 3.8) is 0 Å². The van der Waals surface area contributed by atoms with Gasteiger partial charge in [0.2, 0.25) is 0 Å². The van der Waals surface area contributed by atoms with Gasteiger partial charge in [0.05, 0.1) is 17.5 Å². The van der Waals surface area contributed by atoms with Gasteiger partial charge in [0.15, 0.2) is 0 Å². The molecule has 1 aromatic carbocycles. The molecule has 4 nitrogen and oxygen atoms in total. The Balaban J connectivity index is 1.71. The van der Waals surface area contributed by atoms with E-state index in [0.717, 1.165) is 38.3 Å². The Morgan fingerprint density at radius 1 is 1.27 bits per heavy atom. The zero-order valence-electron chi connectivity index (χ0n) is 13.2. The largest absolute Gasteiger partial charge is 0.387 e. The molecule has 0 radical (unpaired) electrons. The van der Waals surface area contributed by atoms with Crippen LogP contribution in [0.15, 0.2) is 35.2 Å². The van der Waals surface area contributed by atoms with E-state index in [-0.39, 0.29) is 0 Å². The highest BCUT2D eigenvalue weighted by Crippen LogP contribution is 2.20. The van der Waals surface area contributed by atoms with Gasteiger partial charge in [-0.2, -0.15) is 5.10 Å². The molecule has 1 atom stereocenters. The fourth-order valence-electron chi connectivity index (χ4n) is 2.88. The second-order valence-electron chi connectivity index (χ2n) is 5.87. The van der Waals surface area contributed by atoms with Crippen molar-refractivity contribution in [3.8, 4) is 0 Å². The topological polar surface area (TPSA) is 41.3 Å². The zero-order valence-corrected chi connectivity index (χ0v) is 14.0. The van der Waals surface area contributed by atoms with Crippen LogP contribution in [0.3, 0.4) is 0 Å². The maximum Gasteiger partial charge on any atom is 0.0950 e. The van der Waals surface area contributed by atoms with E-state index in [1.807, 2.05) is 6.07 Å². The van der Waals surface area contributed by atoms with Crippen molar-refractivity contribution in [2.24, 2.45) is 0 Å². The van der Waals surface area contributed by atoms with Gasteiger partial charge in [0.1, 0.15) is 0 Å². The number of aryl methyl sites for hydroxylation is 1. The smallest absolute Gasteiger partial charge is 0.0950 e. The molecule has 0 amide bonds. The monoisotopic (exact) mass is 317 g/mol. The van der Waals surface area contributed by atoms with E-state index in [4.69, 9.17) is 0 Å². The lowest BCUT2D eigenvalue weighted by Crippen LogP contribution is -2.22. The lowest BCUT2D eigenvalue weighted by molar-refractivity contribution is 0.193. The number of benzene rings is 1. The van der Waals surface area contributed by atoms with Gasteiger partial charge in [0, 0.05) is 31.1 Å². The highest BCUT2D eigenvalue weighted by molar-refractivity contribution is 7.98. The van der Waals surface area contributed by atoms with Gasteiger partial charge in [-0.1, -0.05) is 12.1 Å². The molecule has 118 valence electrons. The number of fused-ring (bicyclic) bond motifs is 1. The minimum Gasteiger partial charge on any atom is -0.387 e. The minimum absolute atomic E-state index is 0.494. The van der Waals surface area contributed by atoms with Crippen molar-refractivity contribution in [2.75, 3.05) is 12.8 Å². The first-order chi connectivity index (χ1) is 10.7. The van der Waals surface area contributed by atoms with Crippen LogP contribution < -0.4 is 0 Å². The van der Waals surface area contributed by atoms with Crippen LogP contribution in [-0.4, -0.2) is 32.6 Å². The summed E-state index contributed by atoms with van der Waals surface area (Å²) in [6.45, 7) is 5.64. The lowest BCUT2D eigenvalue weighted by Gasteiger charge is -2.19. The van der Waals surface area contributed by atoms with Gasteiger partial charge in [0.25, 0.3) is 0 Å². The van der Waals surface area contributed by atoms with Gasteiger partial charge >= 0.3 is 0 Å². The molecule has 1 aliphatic heterocycles. The van der Waals surface area contributed by atoms with Crippen molar-refractivity contribution in [3.05, 3.63) is 47.3 Å². The molecule has 1 unspecified atom stereocenters. The summed E-state index contributed by atoms with van der Waals surface area (Å²) >= 11 is 1.77. The summed E-state index contributed by atoms with van der Waals surface area (Å²) in [6, 6.07) is 10.9. The maximum absolute atomic E-state index is 9.70. The van der Waals surface area contributed by atoms with E-state index >= 15 is 0 Å². The molecule has 0 saturated heterocycles. The molecular formula is C17H23N3OS. The molecule has 2 heterocycles.